The van der Waals surface area contributed by atoms with Crippen LogP contribution in [0.2, 0.25) is 0 Å². The van der Waals surface area contributed by atoms with Gasteiger partial charge in [0.1, 0.15) is 5.78 Å². The number of carbonyl (C=O) groups is 1. The number of para-hydroxylation sites is 1. The summed E-state index contributed by atoms with van der Waals surface area (Å²) in [6.07, 6.45) is 2.58. The number of halogens is 1. The Hall–Kier alpha value is -2.76. The van der Waals surface area contributed by atoms with Crippen LogP contribution in [0.15, 0.2) is 75.9 Å². The molecular weight excluding hydrogens is 456 g/mol. The second kappa shape index (κ2) is 7.82. The molecule has 1 atom stereocenters. The van der Waals surface area contributed by atoms with Crippen LogP contribution in [-0.4, -0.2) is 10.8 Å². The Morgan fingerprint density at radius 3 is 2.67 bits per heavy atom. The highest BCUT2D eigenvalue weighted by Crippen LogP contribution is 2.44. The first-order chi connectivity index (χ1) is 14.6. The summed E-state index contributed by atoms with van der Waals surface area (Å²) in [5, 5.41) is 5.32. The number of fused-ring (bicyclic) bond motifs is 2. The number of thiophene rings is 1. The number of hydrogen-bond donors (Lipinski definition) is 0. The Bertz CT molecular complexity index is 1260. The van der Waals surface area contributed by atoms with E-state index in [1.54, 1.807) is 18.3 Å². The highest BCUT2D eigenvalue weighted by atomic mass is 79.9. The summed E-state index contributed by atoms with van der Waals surface area (Å²) in [5.74, 6) is 0.160. The molecule has 0 bridgehead atoms. The minimum Gasteiger partial charge on any atom is -0.333 e. The van der Waals surface area contributed by atoms with Gasteiger partial charge in [-0.15, -0.1) is 0 Å². The van der Waals surface area contributed by atoms with Crippen molar-refractivity contribution in [2.75, 3.05) is 4.90 Å². The molecule has 5 heteroatoms. The zero-order chi connectivity index (χ0) is 20.7. The molecule has 3 nitrogen and oxygen atoms in total. The van der Waals surface area contributed by atoms with Crippen LogP contribution in [-0.2, 0) is 4.79 Å². The van der Waals surface area contributed by atoms with Crippen LogP contribution >= 0.6 is 27.3 Å². The van der Waals surface area contributed by atoms with E-state index >= 15 is 0 Å². The molecule has 0 saturated heterocycles. The maximum absolute atomic E-state index is 12.3. The molecule has 0 spiro atoms. The molecule has 3 heterocycles. The predicted octanol–water partition coefficient (Wildman–Crippen LogP) is 7.10. The number of carbonyl (C=O) groups excluding carboxylic acids is 1. The Labute approximate surface area is 187 Å². The summed E-state index contributed by atoms with van der Waals surface area (Å²) in [4.78, 5) is 19.6. The van der Waals surface area contributed by atoms with Gasteiger partial charge in [0.15, 0.2) is 0 Å². The lowest BCUT2D eigenvalue weighted by molar-refractivity contribution is -0.117. The standard InChI is InChI=1S/C25H19BrN2OS/c1-16(29)12-25-21-13-17-4-2-3-5-22(17)27-23(21)14-24(18-10-11-30-15-18)28(25)20-8-6-19(26)7-9-20/h2-11,13-15,25H,12H2,1H3. The van der Waals surface area contributed by atoms with Gasteiger partial charge in [0.25, 0.3) is 0 Å². The van der Waals surface area contributed by atoms with Crippen LogP contribution in [0.25, 0.3) is 22.7 Å². The Morgan fingerprint density at radius 1 is 1.13 bits per heavy atom. The first-order valence-corrected chi connectivity index (χ1v) is 11.5. The monoisotopic (exact) mass is 474 g/mol. The van der Waals surface area contributed by atoms with Crippen LogP contribution in [0.4, 0.5) is 5.69 Å². The zero-order valence-electron chi connectivity index (χ0n) is 16.4. The lowest BCUT2D eigenvalue weighted by Gasteiger charge is -2.39. The van der Waals surface area contributed by atoms with Crippen LogP contribution in [0.1, 0.15) is 36.2 Å². The molecule has 1 unspecified atom stereocenters. The summed E-state index contributed by atoms with van der Waals surface area (Å²) in [7, 11) is 0. The van der Waals surface area contributed by atoms with Gasteiger partial charge in [0.2, 0.25) is 0 Å². The van der Waals surface area contributed by atoms with E-state index in [4.69, 9.17) is 4.98 Å². The molecule has 0 N–H and O–H groups in total. The minimum absolute atomic E-state index is 0.115. The van der Waals surface area contributed by atoms with E-state index < -0.39 is 0 Å². The predicted molar refractivity (Wildman–Crippen MR) is 129 cm³/mol. The van der Waals surface area contributed by atoms with Crippen molar-refractivity contribution < 1.29 is 4.79 Å². The van der Waals surface area contributed by atoms with Crippen LogP contribution in [0, 0.1) is 0 Å². The van der Waals surface area contributed by atoms with Crippen molar-refractivity contribution in [3.63, 3.8) is 0 Å². The number of rotatable bonds is 4. The van der Waals surface area contributed by atoms with Crippen molar-refractivity contribution in [2.24, 2.45) is 0 Å². The summed E-state index contributed by atoms with van der Waals surface area (Å²) in [5.41, 5.74) is 6.26. The number of hydrogen-bond acceptors (Lipinski definition) is 4. The molecule has 148 valence electrons. The number of ketones is 1. The van der Waals surface area contributed by atoms with E-state index in [-0.39, 0.29) is 11.8 Å². The zero-order valence-corrected chi connectivity index (χ0v) is 18.8. The molecule has 0 aliphatic carbocycles. The van der Waals surface area contributed by atoms with Crippen molar-refractivity contribution in [3.8, 4) is 0 Å². The molecule has 0 saturated carbocycles. The topological polar surface area (TPSA) is 33.2 Å². The van der Waals surface area contributed by atoms with Crippen molar-refractivity contribution in [1.29, 1.82) is 0 Å². The number of aromatic nitrogens is 1. The molecule has 1 aliphatic heterocycles. The minimum atomic E-state index is -0.115. The molecule has 0 radical (unpaired) electrons. The maximum Gasteiger partial charge on any atom is 0.132 e. The molecule has 1 aliphatic rings. The number of anilines is 1. The fourth-order valence-electron chi connectivity index (χ4n) is 4.06. The van der Waals surface area contributed by atoms with Gasteiger partial charge in [-0.3, -0.25) is 4.79 Å². The Kier molecular flexibility index (Phi) is 5.01. The normalized spacial score (nSPS) is 15.7. The van der Waals surface area contributed by atoms with Crippen molar-refractivity contribution >= 4 is 61.4 Å². The van der Waals surface area contributed by atoms with Crippen molar-refractivity contribution in [1.82, 2.24) is 4.98 Å². The molecule has 2 aromatic heterocycles. The van der Waals surface area contributed by atoms with Crippen molar-refractivity contribution in [3.05, 3.63) is 92.7 Å². The second-order valence-electron chi connectivity index (χ2n) is 7.47. The molecule has 30 heavy (non-hydrogen) atoms. The van der Waals surface area contributed by atoms with Gasteiger partial charge >= 0.3 is 0 Å². The van der Waals surface area contributed by atoms with Gasteiger partial charge in [-0.05, 0) is 60.8 Å². The molecular formula is C25H19BrN2OS. The highest BCUT2D eigenvalue weighted by Gasteiger charge is 2.32. The fourth-order valence-corrected chi connectivity index (χ4v) is 4.98. The van der Waals surface area contributed by atoms with Gasteiger partial charge in [0.05, 0.1) is 22.9 Å². The van der Waals surface area contributed by atoms with Crippen molar-refractivity contribution in [2.45, 2.75) is 19.4 Å². The first kappa shape index (κ1) is 19.2. The average molecular weight is 475 g/mol. The third-order valence-corrected chi connectivity index (χ3v) is 6.60. The summed E-state index contributed by atoms with van der Waals surface area (Å²) in [6.45, 7) is 1.66. The lowest BCUT2D eigenvalue weighted by Crippen LogP contribution is -2.32. The van der Waals surface area contributed by atoms with E-state index in [0.29, 0.717) is 6.42 Å². The number of pyridine rings is 1. The first-order valence-electron chi connectivity index (χ1n) is 9.78. The number of benzene rings is 2. The Morgan fingerprint density at radius 2 is 1.93 bits per heavy atom. The van der Waals surface area contributed by atoms with Crippen LogP contribution in [0.3, 0.4) is 0 Å². The summed E-state index contributed by atoms with van der Waals surface area (Å²) < 4.78 is 1.03. The van der Waals surface area contributed by atoms with E-state index in [1.807, 2.05) is 30.3 Å². The fraction of sp³-hybridized carbons (Fsp3) is 0.120. The third kappa shape index (κ3) is 3.48. The summed E-state index contributed by atoms with van der Waals surface area (Å²) in [6, 6.07) is 20.6. The number of nitrogens with zero attached hydrogens (tertiary/aromatic N) is 2. The molecule has 0 amide bonds. The lowest BCUT2D eigenvalue weighted by atomic mass is 9.90. The van der Waals surface area contributed by atoms with Gasteiger partial charge < -0.3 is 4.90 Å². The van der Waals surface area contributed by atoms with E-state index in [1.165, 1.54) is 0 Å². The maximum atomic E-state index is 12.3. The average Bonchev–Trinajstić information content (AvgIpc) is 3.27. The SMILES string of the molecule is CC(=O)CC1c2cc3ccccc3nc2C=C(c2ccsc2)N1c1ccc(Br)cc1. The van der Waals surface area contributed by atoms with E-state index in [0.717, 1.165) is 43.6 Å². The summed E-state index contributed by atoms with van der Waals surface area (Å²) >= 11 is 5.21. The van der Waals surface area contributed by atoms with Gasteiger partial charge in [-0.1, -0.05) is 34.1 Å². The van der Waals surface area contributed by atoms with Crippen LogP contribution in [0.5, 0.6) is 0 Å². The van der Waals surface area contributed by atoms with Gasteiger partial charge in [-0.25, -0.2) is 4.98 Å². The van der Waals surface area contributed by atoms with Crippen LogP contribution < -0.4 is 4.90 Å². The molecule has 0 fully saturated rings. The molecule has 4 aromatic rings. The third-order valence-electron chi connectivity index (χ3n) is 5.39. The van der Waals surface area contributed by atoms with Gasteiger partial charge in [-0.2, -0.15) is 11.3 Å². The smallest absolute Gasteiger partial charge is 0.132 e. The van der Waals surface area contributed by atoms with E-state index in [2.05, 4.69) is 68.0 Å². The quantitative estimate of drug-likeness (QED) is 0.316. The molecule has 2 aromatic carbocycles. The molecule has 5 rings (SSSR count). The van der Waals surface area contributed by atoms with Gasteiger partial charge in [0, 0.05) is 38.5 Å². The number of Topliss-reactive ketones (excluding diaryl/α,β-unsaturated/α-hetero) is 1. The van der Waals surface area contributed by atoms with E-state index in [9.17, 15) is 4.79 Å². The Balaban J connectivity index is 1.78. The highest BCUT2D eigenvalue weighted by molar-refractivity contribution is 9.10. The largest absolute Gasteiger partial charge is 0.333 e. The second-order valence-corrected chi connectivity index (χ2v) is 9.16.